The summed E-state index contributed by atoms with van der Waals surface area (Å²) >= 11 is 0. The lowest BCUT2D eigenvalue weighted by atomic mass is 10.0. The first-order valence-corrected chi connectivity index (χ1v) is 14.0. The maximum Gasteiger partial charge on any atom is 0.306 e. The zero-order valence-electron chi connectivity index (χ0n) is 23.4. The van der Waals surface area contributed by atoms with Gasteiger partial charge in [0.15, 0.2) is 11.6 Å². The van der Waals surface area contributed by atoms with E-state index in [9.17, 15) is 19.2 Å². The summed E-state index contributed by atoms with van der Waals surface area (Å²) in [4.78, 5) is 56.2. The van der Waals surface area contributed by atoms with E-state index in [1.807, 2.05) is 66.7 Å². The average molecular weight is 567 g/mol. The number of hydrogen-bond donors (Lipinski definition) is 1. The molecule has 42 heavy (non-hydrogen) atoms. The van der Waals surface area contributed by atoms with Crippen LogP contribution in [0.15, 0.2) is 96.0 Å². The summed E-state index contributed by atoms with van der Waals surface area (Å²) < 4.78 is 5.84. The molecule has 0 spiro atoms. The Morgan fingerprint density at radius 2 is 1.60 bits per heavy atom. The lowest BCUT2D eigenvalue weighted by Crippen LogP contribution is -2.35. The Hall–Kier alpha value is -4.69. The molecule has 1 atom stereocenters. The molecule has 0 aromatic heterocycles. The number of carbonyl (C=O) groups is 4. The van der Waals surface area contributed by atoms with Crippen molar-refractivity contribution in [3.05, 3.63) is 119 Å². The molecule has 1 aliphatic heterocycles. The summed E-state index contributed by atoms with van der Waals surface area (Å²) in [5.74, 6) is -1.05. The molecule has 216 valence electrons. The van der Waals surface area contributed by atoms with Crippen molar-refractivity contribution in [3.8, 4) is 0 Å². The number of allylic oxidation sites excluding steroid dienone is 2. The van der Waals surface area contributed by atoms with Crippen LogP contribution in [0.1, 0.15) is 69.2 Å². The Kier molecular flexibility index (Phi) is 11.1. The van der Waals surface area contributed by atoms with Crippen molar-refractivity contribution in [1.29, 1.82) is 0 Å². The average Bonchev–Trinajstić information content (AvgIpc) is 3.01. The summed E-state index contributed by atoms with van der Waals surface area (Å²) in [6.07, 6.45) is 6.65. The van der Waals surface area contributed by atoms with E-state index in [-0.39, 0.29) is 42.7 Å². The maximum absolute atomic E-state index is 13.3. The van der Waals surface area contributed by atoms with E-state index < -0.39 is 18.5 Å². The highest BCUT2D eigenvalue weighted by atomic mass is 16.5. The van der Waals surface area contributed by atoms with Crippen LogP contribution in [0.2, 0.25) is 0 Å². The number of ketones is 2. The number of carbonyl (C=O) groups excluding carboxylic acids is 4. The minimum atomic E-state index is -0.621. The second-order valence-electron chi connectivity index (χ2n) is 10.0. The van der Waals surface area contributed by atoms with Crippen molar-refractivity contribution in [1.82, 2.24) is 4.90 Å². The Labute approximate surface area is 245 Å². The van der Waals surface area contributed by atoms with E-state index in [2.05, 4.69) is 4.99 Å². The summed E-state index contributed by atoms with van der Waals surface area (Å²) in [5, 5.41) is 9.07. The molecule has 1 aliphatic rings. The van der Waals surface area contributed by atoms with Crippen molar-refractivity contribution < 1.29 is 29.0 Å². The van der Waals surface area contributed by atoms with Gasteiger partial charge in [0, 0.05) is 36.7 Å². The van der Waals surface area contributed by atoms with E-state index in [0.717, 1.165) is 16.7 Å². The fourth-order valence-electron chi connectivity index (χ4n) is 4.63. The molecular formula is C34H34N2O6. The van der Waals surface area contributed by atoms with Crippen LogP contribution in [0.4, 0.5) is 0 Å². The number of esters is 1. The fourth-order valence-corrected chi connectivity index (χ4v) is 4.63. The number of rotatable bonds is 9. The molecule has 3 aromatic carbocycles. The van der Waals surface area contributed by atoms with Gasteiger partial charge in [-0.15, -0.1) is 0 Å². The standard InChI is InChI=1S/C34H34N2O6/c37-24-31(39)29-15-9-14-28(19-29)30(38)21-35-20-25-10-8-11-26(18-25)22-36-23-32(27-12-4-3-5-13-27)42-34(41)17-7-2-1-6-16-33(36)40/h1-5,8-15,18-20,32,37H,6-7,16-17,21-24H2/b2-1+,35-20?/t32-/m0/s1. The van der Waals surface area contributed by atoms with E-state index in [0.29, 0.717) is 31.4 Å². The lowest BCUT2D eigenvalue weighted by Gasteiger charge is -2.28. The fraction of sp³-hybridized carbons (Fsp3) is 0.265. The minimum absolute atomic E-state index is 0.0382. The minimum Gasteiger partial charge on any atom is -0.456 e. The molecule has 0 saturated carbocycles. The summed E-state index contributed by atoms with van der Waals surface area (Å²) in [7, 11) is 0. The molecule has 1 N–H and O–H groups in total. The number of aliphatic imine (C=N–C) groups is 1. The maximum atomic E-state index is 13.3. The van der Waals surface area contributed by atoms with Gasteiger partial charge in [-0.05, 0) is 41.7 Å². The van der Waals surface area contributed by atoms with Crippen LogP contribution in [-0.2, 0) is 20.9 Å². The first kappa shape index (κ1) is 30.3. The van der Waals surface area contributed by atoms with Crippen LogP contribution in [0.5, 0.6) is 0 Å². The molecule has 0 aliphatic carbocycles. The quantitative estimate of drug-likeness (QED) is 0.171. The monoisotopic (exact) mass is 566 g/mol. The summed E-state index contributed by atoms with van der Waals surface area (Å²) in [6.45, 7) is -0.188. The van der Waals surface area contributed by atoms with Crippen LogP contribution < -0.4 is 0 Å². The molecule has 8 heteroatoms. The number of aliphatic hydroxyl groups is 1. The zero-order valence-corrected chi connectivity index (χ0v) is 23.4. The number of hydrogen-bond acceptors (Lipinski definition) is 7. The summed E-state index contributed by atoms with van der Waals surface area (Å²) in [5.41, 5.74) is 3.08. The van der Waals surface area contributed by atoms with Crippen LogP contribution >= 0.6 is 0 Å². The highest BCUT2D eigenvalue weighted by molar-refractivity contribution is 6.03. The van der Waals surface area contributed by atoms with Gasteiger partial charge in [-0.1, -0.05) is 78.9 Å². The lowest BCUT2D eigenvalue weighted by molar-refractivity contribution is -0.152. The van der Waals surface area contributed by atoms with Crippen LogP contribution in [-0.4, -0.2) is 59.4 Å². The second kappa shape index (κ2) is 15.3. The van der Waals surface area contributed by atoms with Gasteiger partial charge in [-0.25, -0.2) is 0 Å². The Morgan fingerprint density at radius 1 is 0.881 bits per heavy atom. The third-order valence-electron chi connectivity index (χ3n) is 6.84. The van der Waals surface area contributed by atoms with E-state index in [1.165, 1.54) is 6.07 Å². The van der Waals surface area contributed by atoms with Gasteiger partial charge in [0.1, 0.15) is 19.3 Å². The summed E-state index contributed by atoms with van der Waals surface area (Å²) in [6, 6.07) is 23.2. The number of nitrogens with zero attached hydrogens (tertiary/aromatic N) is 2. The molecule has 3 aromatic rings. The first-order chi connectivity index (χ1) is 20.4. The van der Waals surface area contributed by atoms with E-state index in [4.69, 9.17) is 9.84 Å². The molecule has 0 unspecified atom stereocenters. The first-order valence-electron chi connectivity index (χ1n) is 14.0. The van der Waals surface area contributed by atoms with Crippen molar-refractivity contribution >= 4 is 29.7 Å². The number of benzene rings is 3. The molecule has 8 nitrogen and oxygen atoms in total. The second-order valence-corrected chi connectivity index (χ2v) is 10.0. The molecule has 4 rings (SSSR count). The SMILES string of the molecule is O=C1CC/C=C/CCC(=O)N(Cc2cccc(C=NCC(=O)c3cccc(C(=O)CO)c3)c2)C[C@@H](c2ccccc2)O1. The van der Waals surface area contributed by atoms with Crippen LogP contribution in [0.3, 0.4) is 0 Å². The normalized spacial score (nSPS) is 17.3. The molecule has 0 fully saturated rings. The van der Waals surface area contributed by atoms with Crippen molar-refractivity contribution in [2.75, 3.05) is 19.7 Å². The highest BCUT2D eigenvalue weighted by Crippen LogP contribution is 2.23. The van der Waals surface area contributed by atoms with Crippen molar-refractivity contribution in [3.63, 3.8) is 0 Å². The van der Waals surface area contributed by atoms with Gasteiger partial charge >= 0.3 is 5.97 Å². The third kappa shape index (κ3) is 8.91. The number of ether oxygens (including phenoxy) is 1. The van der Waals surface area contributed by atoms with Gasteiger partial charge in [0.25, 0.3) is 0 Å². The third-order valence-corrected chi connectivity index (χ3v) is 6.84. The number of amides is 1. The Balaban J connectivity index is 1.48. The number of cyclic esters (lactones) is 1. The van der Waals surface area contributed by atoms with Gasteiger partial charge in [0.2, 0.25) is 5.91 Å². The predicted octanol–water partition coefficient (Wildman–Crippen LogP) is 4.91. The zero-order chi connectivity index (χ0) is 29.7. The van der Waals surface area contributed by atoms with E-state index in [1.54, 1.807) is 29.3 Å². The molecular weight excluding hydrogens is 532 g/mol. The topological polar surface area (TPSA) is 113 Å². The Morgan fingerprint density at radius 3 is 2.36 bits per heavy atom. The van der Waals surface area contributed by atoms with Crippen LogP contribution in [0, 0.1) is 0 Å². The van der Waals surface area contributed by atoms with Gasteiger partial charge < -0.3 is 14.7 Å². The molecule has 0 radical (unpaired) electrons. The van der Waals surface area contributed by atoms with E-state index >= 15 is 0 Å². The number of Topliss-reactive ketones (excluding diaryl/α,β-unsaturated/α-hetero) is 2. The van der Waals surface area contributed by atoms with Gasteiger partial charge in [-0.3, -0.25) is 24.2 Å². The molecule has 0 bridgehead atoms. The predicted molar refractivity (Wildman–Crippen MR) is 159 cm³/mol. The van der Waals surface area contributed by atoms with Crippen molar-refractivity contribution in [2.45, 2.75) is 38.3 Å². The highest BCUT2D eigenvalue weighted by Gasteiger charge is 2.24. The van der Waals surface area contributed by atoms with Crippen molar-refractivity contribution in [2.24, 2.45) is 4.99 Å². The van der Waals surface area contributed by atoms with Gasteiger partial charge in [0.05, 0.1) is 6.54 Å². The molecule has 1 heterocycles. The van der Waals surface area contributed by atoms with Crippen LogP contribution in [0.25, 0.3) is 0 Å². The smallest absolute Gasteiger partial charge is 0.306 e. The molecule has 0 saturated heterocycles. The molecule has 1 amide bonds. The Bertz CT molecular complexity index is 1460. The number of aliphatic hydroxyl groups excluding tert-OH is 1. The largest absolute Gasteiger partial charge is 0.456 e. The van der Waals surface area contributed by atoms with Gasteiger partial charge in [-0.2, -0.15) is 0 Å².